The first-order valence-corrected chi connectivity index (χ1v) is 25.8. The molecule has 71 heavy (non-hydrogen) atoms. The van der Waals surface area contributed by atoms with Gasteiger partial charge < -0.3 is 4.90 Å². The van der Waals surface area contributed by atoms with Crippen LogP contribution < -0.4 is 4.90 Å². The minimum absolute atomic E-state index is 0.0286. The summed E-state index contributed by atoms with van der Waals surface area (Å²) in [6.07, 6.45) is 0. The van der Waals surface area contributed by atoms with E-state index in [-0.39, 0.29) is 10.8 Å². The largest absolute Gasteiger partial charge is 0.309 e. The maximum absolute atomic E-state index is 2.55. The molecule has 0 amide bonds. The van der Waals surface area contributed by atoms with Crippen molar-refractivity contribution in [3.05, 3.63) is 270 Å². The number of benzene rings is 10. The third-order valence-electron chi connectivity index (χ3n) is 14.9. The van der Waals surface area contributed by atoms with Gasteiger partial charge in [0, 0.05) is 26.6 Å². The van der Waals surface area contributed by atoms with Gasteiger partial charge in [-0.3, -0.25) is 0 Å². The summed E-state index contributed by atoms with van der Waals surface area (Å²) in [6.45, 7) is 14.0. The van der Waals surface area contributed by atoms with Crippen LogP contribution in [0, 0.1) is 0 Å². The van der Waals surface area contributed by atoms with Crippen LogP contribution in [0.3, 0.4) is 0 Å². The van der Waals surface area contributed by atoms with Crippen LogP contribution in [0.25, 0.3) is 55.6 Å². The fourth-order valence-corrected chi connectivity index (χ4v) is 12.3. The lowest BCUT2D eigenvalue weighted by Gasteiger charge is -2.41. The number of para-hydroxylation sites is 2. The molecule has 1 spiro atoms. The van der Waals surface area contributed by atoms with Crippen molar-refractivity contribution < 1.29 is 0 Å². The molecule has 0 fully saturated rings. The fraction of sp³-hybridized carbons (Fsp3) is 0.130. The van der Waals surface area contributed by atoms with Crippen LogP contribution >= 0.6 is 11.8 Å². The molecule has 2 aliphatic rings. The number of hydrogen-bond donors (Lipinski definition) is 0. The molecule has 0 atom stereocenters. The quantitative estimate of drug-likeness (QED) is 0.157. The first-order valence-electron chi connectivity index (χ1n) is 25.0. The second-order valence-corrected chi connectivity index (χ2v) is 22.4. The summed E-state index contributed by atoms with van der Waals surface area (Å²) in [6, 6.07) is 88.6. The van der Waals surface area contributed by atoms with E-state index in [1.807, 2.05) is 11.8 Å². The number of nitrogens with zero attached hydrogens (tertiary/aromatic N) is 1. The molecular weight excluding hydrogens is 875 g/mol. The Balaban J connectivity index is 1.09. The van der Waals surface area contributed by atoms with Gasteiger partial charge in [0.15, 0.2) is 0 Å². The molecule has 2 heteroatoms. The van der Waals surface area contributed by atoms with E-state index >= 15 is 0 Å². The van der Waals surface area contributed by atoms with Crippen molar-refractivity contribution in [2.45, 2.75) is 67.6 Å². The molecule has 0 saturated heterocycles. The molecule has 1 heterocycles. The lowest BCUT2D eigenvalue weighted by molar-refractivity contribution is 0.581. The highest BCUT2D eigenvalue weighted by molar-refractivity contribution is 7.99. The zero-order chi connectivity index (χ0) is 48.5. The first-order chi connectivity index (χ1) is 34.5. The van der Waals surface area contributed by atoms with E-state index in [0.717, 1.165) is 28.2 Å². The molecule has 1 aliphatic carbocycles. The predicted molar refractivity (Wildman–Crippen MR) is 302 cm³/mol. The van der Waals surface area contributed by atoms with Crippen LogP contribution in [0.5, 0.6) is 0 Å². The highest BCUT2D eigenvalue weighted by Gasteiger charge is 2.51. The minimum Gasteiger partial charge on any atom is -0.309 e. The SMILES string of the molecule is CC(C)(C)c1ccc2c(c1)C1(c3cc(C(C)(C)C)ccc3S2)c2ccccc2-c2ccc(-c3ccccc3N(c3ccc(-c4ccccc4)cc3)c3ccccc3-c3ccc(-c4ccccc4)cc3)cc21. The van der Waals surface area contributed by atoms with E-state index in [1.165, 1.54) is 87.7 Å². The van der Waals surface area contributed by atoms with Crippen molar-refractivity contribution in [3.63, 3.8) is 0 Å². The summed E-state index contributed by atoms with van der Waals surface area (Å²) in [7, 11) is 0. The number of hydrogen-bond acceptors (Lipinski definition) is 2. The monoisotopic (exact) mass is 931 g/mol. The Morgan fingerprint density at radius 2 is 0.718 bits per heavy atom. The molecule has 1 aliphatic heterocycles. The summed E-state index contributed by atoms with van der Waals surface area (Å²) in [5, 5.41) is 0. The van der Waals surface area contributed by atoms with Gasteiger partial charge in [0.2, 0.25) is 0 Å². The number of anilines is 3. The van der Waals surface area contributed by atoms with Crippen molar-refractivity contribution in [2.24, 2.45) is 0 Å². The zero-order valence-electron chi connectivity index (χ0n) is 41.4. The molecule has 344 valence electrons. The smallest absolute Gasteiger partial charge is 0.0735 e. The second kappa shape index (κ2) is 17.3. The predicted octanol–water partition coefficient (Wildman–Crippen LogP) is 19.2. The van der Waals surface area contributed by atoms with E-state index in [0.29, 0.717) is 0 Å². The summed E-state index contributed by atoms with van der Waals surface area (Å²) >= 11 is 1.93. The summed E-state index contributed by atoms with van der Waals surface area (Å²) < 4.78 is 0. The maximum Gasteiger partial charge on any atom is 0.0735 e. The molecular formula is C69H57NS. The van der Waals surface area contributed by atoms with E-state index in [1.54, 1.807) is 0 Å². The molecule has 10 aromatic rings. The lowest BCUT2D eigenvalue weighted by atomic mass is 9.65. The van der Waals surface area contributed by atoms with Gasteiger partial charge in [0.25, 0.3) is 0 Å². The van der Waals surface area contributed by atoms with Gasteiger partial charge in [-0.25, -0.2) is 0 Å². The highest BCUT2D eigenvalue weighted by atomic mass is 32.2. The number of rotatable bonds is 7. The minimum atomic E-state index is -0.541. The standard InChI is InChI=1S/C69H57NS/c1-67(2,3)52-36-41-65-61(44-52)69(62-45-53(68(4,5)6)37-42-66(62)71-65)59-26-16-13-25-57(59)58-40-35-51(43-60(58)69)56-24-15-18-28-64(56)70(54-38-33-49(34-39-54)47-21-11-8-12-22-47)63-27-17-14-23-55(63)50-31-29-48(30-32-50)46-19-9-7-10-20-46/h7-45H,1-6H3. The van der Waals surface area contributed by atoms with Crippen molar-refractivity contribution >= 4 is 28.8 Å². The molecule has 0 N–H and O–H groups in total. The Kier molecular flexibility index (Phi) is 10.9. The third-order valence-corrected chi connectivity index (χ3v) is 16.1. The van der Waals surface area contributed by atoms with Gasteiger partial charge in [0.05, 0.1) is 16.8 Å². The summed E-state index contributed by atoms with van der Waals surface area (Å²) in [5.74, 6) is 0. The van der Waals surface area contributed by atoms with Crippen LogP contribution in [-0.4, -0.2) is 0 Å². The molecule has 1 nitrogen and oxygen atoms in total. The molecule has 10 aromatic carbocycles. The van der Waals surface area contributed by atoms with Gasteiger partial charge in [0.1, 0.15) is 0 Å². The summed E-state index contributed by atoms with van der Waals surface area (Å²) in [5.41, 5.74) is 22.9. The van der Waals surface area contributed by atoms with Crippen molar-refractivity contribution in [3.8, 4) is 55.6 Å². The number of fused-ring (bicyclic) bond motifs is 9. The van der Waals surface area contributed by atoms with Crippen LogP contribution in [0.15, 0.2) is 246 Å². The van der Waals surface area contributed by atoms with Crippen molar-refractivity contribution in [1.82, 2.24) is 0 Å². The van der Waals surface area contributed by atoms with E-state index in [2.05, 4.69) is 283 Å². The Morgan fingerprint density at radius 3 is 1.25 bits per heavy atom. The van der Waals surface area contributed by atoms with Crippen molar-refractivity contribution in [1.29, 1.82) is 0 Å². The highest BCUT2D eigenvalue weighted by Crippen LogP contribution is 2.63. The Bertz CT molecular complexity index is 3550. The first kappa shape index (κ1) is 44.6. The Morgan fingerprint density at radius 1 is 0.310 bits per heavy atom. The molecule has 0 aromatic heterocycles. The van der Waals surface area contributed by atoms with Gasteiger partial charge in [-0.05, 0) is 131 Å². The van der Waals surface area contributed by atoms with Crippen LogP contribution in [0.4, 0.5) is 17.1 Å². The van der Waals surface area contributed by atoms with Gasteiger partial charge in [-0.15, -0.1) is 0 Å². The van der Waals surface area contributed by atoms with Gasteiger partial charge in [-0.2, -0.15) is 0 Å². The van der Waals surface area contributed by atoms with Gasteiger partial charge >= 0.3 is 0 Å². The zero-order valence-corrected chi connectivity index (χ0v) is 42.2. The van der Waals surface area contributed by atoms with Crippen molar-refractivity contribution in [2.75, 3.05) is 4.90 Å². The Hall–Kier alpha value is -7.65. The van der Waals surface area contributed by atoms with E-state index in [9.17, 15) is 0 Å². The maximum atomic E-state index is 2.55. The molecule has 0 bridgehead atoms. The molecule has 12 rings (SSSR count). The van der Waals surface area contributed by atoms with Gasteiger partial charge in [-0.1, -0.05) is 247 Å². The van der Waals surface area contributed by atoms with Crippen LogP contribution in [0.2, 0.25) is 0 Å². The Labute approximate surface area is 424 Å². The van der Waals surface area contributed by atoms with E-state index in [4.69, 9.17) is 0 Å². The lowest BCUT2D eigenvalue weighted by Crippen LogP contribution is -2.33. The van der Waals surface area contributed by atoms with Crippen LogP contribution in [0.1, 0.15) is 74.9 Å². The molecule has 0 unspecified atom stereocenters. The molecule has 0 radical (unpaired) electrons. The fourth-order valence-electron chi connectivity index (χ4n) is 11.2. The average molecular weight is 932 g/mol. The average Bonchev–Trinajstić information content (AvgIpc) is 3.69. The van der Waals surface area contributed by atoms with Crippen LogP contribution in [-0.2, 0) is 16.2 Å². The van der Waals surface area contributed by atoms with E-state index < -0.39 is 5.41 Å². The topological polar surface area (TPSA) is 3.24 Å². The molecule has 0 saturated carbocycles. The summed E-state index contributed by atoms with van der Waals surface area (Å²) in [4.78, 5) is 5.12. The second-order valence-electron chi connectivity index (χ2n) is 21.3. The third kappa shape index (κ3) is 7.64. The normalized spacial score (nSPS) is 13.3.